The van der Waals surface area contributed by atoms with Crippen LogP contribution in [0.15, 0.2) is 24.4 Å². The van der Waals surface area contributed by atoms with Crippen LogP contribution in [0.4, 0.5) is 0 Å². The van der Waals surface area contributed by atoms with Crippen LogP contribution in [0.3, 0.4) is 0 Å². The Kier molecular flexibility index (Phi) is 1.85. The van der Waals surface area contributed by atoms with Gasteiger partial charge in [0.25, 0.3) is 0 Å². The first-order chi connectivity index (χ1) is 5.81. The molecule has 1 atom stereocenters. The monoisotopic (exact) mass is 162 g/mol. The van der Waals surface area contributed by atoms with Gasteiger partial charge in [0, 0.05) is 6.20 Å². The fourth-order valence-electron chi connectivity index (χ4n) is 1.80. The molecular weight excluding hydrogens is 148 g/mol. The van der Waals surface area contributed by atoms with Crippen LogP contribution >= 0.6 is 0 Å². The van der Waals surface area contributed by atoms with Gasteiger partial charge in [-0.05, 0) is 38.4 Å². The molecule has 2 heterocycles. The molecule has 2 heteroatoms. The Bertz CT molecular complexity index is 250. The van der Waals surface area contributed by atoms with Crippen molar-refractivity contribution in [2.75, 3.05) is 6.54 Å². The first kappa shape index (κ1) is 7.74. The van der Waals surface area contributed by atoms with Gasteiger partial charge in [-0.15, -0.1) is 0 Å². The van der Waals surface area contributed by atoms with Gasteiger partial charge in [-0.3, -0.25) is 4.98 Å². The van der Waals surface area contributed by atoms with E-state index in [2.05, 4.69) is 23.3 Å². The van der Waals surface area contributed by atoms with E-state index in [0.717, 1.165) is 6.54 Å². The fourth-order valence-corrected chi connectivity index (χ4v) is 1.80. The minimum Gasteiger partial charge on any atom is -0.306 e. The number of hydrogen-bond donors (Lipinski definition) is 1. The van der Waals surface area contributed by atoms with Gasteiger partial charge in [0.05, 0.1) is 11.2 Å². The molecule has 0 saturated carbocycles. The molecule has 0 amide bonds. The molecule has 0 aromatic carbocycles. The number of rotatable bonds is 1. The standard InChI is InChI=1S/C10H14N2/c1-10(6-4-8-12-10)9-5-2-3-7-11-9/h2-3,5,7,12H,4,6,8H2,1H3. The SMILES string of the molecule is CC1(c2ccccn2)CCCN1. The highest BCUT2D eigenvalue weighted by Gasteiger charge is 2.30. The minimum atomic E-state index is 0.126. The zero-order chi connectivity index (χ0) is 8.44. The van der Waals surface area contributed by atoms with E-state index in [-0.39, 0.29) is 5.54 Å². The highest BCUT2D eigenvalue weighted by Crippen LogP contribution is 2.27. The largest absolute Gasteiger partial charge is 0.306 e. The lowest BCUT2D eigenvalue weighted by atomic mass is 9.95. The summed E-state index contributed by atoms with van der Waals surface area (Å²) in [5.74, 6) is 0. The van der Waals surface area contributed by atoms with Gasteiger partial charge < -0.3 is 5.32 Å². The second-order valence-corrected chi connectivity index (χ2v) is 3.58. The Balaban J connectivity index is 2.29. The molecule has 1 aromatic heterocycles. The van der Waals surface area contributed by atoms with Crippen LogP contribution in [0.25, 0.3) is 0 Å². The van der Waals surface area contributed by atoms with Crippen LogP contribution in [-0.2, 0) is 5.54 Å². The van der Waals surface area contributed by atoms with E-state index < -0.39 is 0 Å². The van der Waals surface area contributed by atoms with Crippen molar-refractivity contribution in [3.63, 3.8) is 0 Å². The van der Waals surface area contributed by atoms with Crippen molar-refractivity contribution in [3.05, 3.63) is 30.1 Å². The van der Waals surface area contributed by atoms with Crippen LogP contribution in [0.2, 0.25) is 0 Å². The van der Waals surface area contributed by atoms with Gasteiger partial charge in [0.2, 0.25) is 0 Å². The highest BCUT2D eigenvalue weighted by atomic mass is 15.0. The molecule has 1 fully saturated rings. The van der Waals surface area contributed by atoms with E-state index in [1.807, 2.05) is 18.3 Å². The quantitative estimate of drug-likeness (QED) is 0.679. The zero-order valence-corrected chi connectivity index (χ0v) is 7.38. The third kappa shape index (κ3) is 1.23. The summed E-state index contributed by atoms with van der Waals surface area (Å²) in [6, 6.07) is 6.10. The van der Waals surface area contributed by atoms with Crippen molar-refractivity contribution >= 4 is 0 Å². The molecule has 1 N–H and O–H groups in total. The Morgan fingerprint density at radius 2 is 2.42 bits per heavy atom. The molecule has 1 unspecified atom stereocenters. The average Bonchev–Trinajstić information content (AvgIpc) is 2.55. The Labute approximate surface area is 73.0 Å². The smallest absolute Gasteiger partial charge is 0.0601 e. The van der Waals surface area contributed by atoms with Crippen molar-refractivity contribution in [3.8, 4) is 0 Å². The lowest BCUT2D eigenvalue weighted by molar-refractivity contribution is 0.421. The van der Waals surface area contributed by atoms with Crippen LogP contribution in [0.5, 0.6) is 0 Å². The fraction of sp³-hybridized carbons (Fsp3) is 0.500. The van der Waals surface area contributed by atoms with E-state index in [9.17, 15) is 0 Å². The molecule has 2 rings (SSSR count). The molecule has 64 valence electrons. The van der Waals surface area contributed by atoms with Crippen LogP contribution in [0, 0.1) is 0 Å². The summed E-state index contributed by atoms with van der Waals surface area (Å²) in [4.78, 5) is 4.37. The predicted octanol–water partition coefficient (Wildman–Crippen LogP) is 1.68. The van der Waals surface area contributed by atoms with Crippen LogP contribution < -0.4 is 5.32 Å². The van der Waals surface area contributed by atoms with Crippen LogP contribution in [0.1, 0.15) is 25.5 Å². The molecular formula is C10H14N2. The maximum absolute atomic E-state index is 4.37. The zero-order valence-electron chi connectivity index (χ0n) is 7.38. The third-order valence-electron chi connectivity index (χ3n) is 2.60. The first-order valence-corrected chi connectivity index (χ1v) is 4.48. The number of pyridine rings is 1. The maximum Gasteiger partial charge on any atom is 0.0601 e. The van der Waals surface area contributed by atoms with Gasteiger partial charge in [0.1, 0.15) is 0 Å². The Hall–Kier alpha value is -0.890. The van der Waals surface area contributed by atoms with Gasteiger partial charge in [-0.25, -0.2) is 0 Å². The highest BCUT2D eigenvalue weighted by molar-refractivity contribution is 5.15. The van der Waals surface area contributed by atoms with Crippen molar-refractivity contribution in [2.24, 2.45) is 0 Å². The van der Waals surface area contributed by atoms with E-state index in [4.69, 9.17) is 0 Å². The van der Waals surface area contributed by atoms with E-state index in [1.165, 1.54) is 18.5 Å². The lowest BCUT2D eigenvalue weighted by Crippen LogP contribution is -2.33. The van der Waals surface area contributed by atoms with E-state index in [0.29, 0.717) is 0 Å². The maximum atomic E-state index is 4.37. The summed E-state index contributed by atoms with van der Waals surface area (Å²) in [5.41, 5.74) is 1.30. The number of nitrogens with zero attached hydrogens (tertiary/aromatic N) is 1. The van der Waals surface area contributed by atoms with Gasteiger partial charge in [-0.1, -0.05) is 6.07 Å². The molecule has 0 radical (unpaired) electrons. The minimum absolute atomic E-state index is 0.126. The van der Waals surface area contributed by atoms with E-state index >= 15 is 0 Å². The second kappa shape index (κ2) is 2.87. The molecule has 1 aliphatic rings. The molecule has 2 nitrogen and oxygen atoms in total. The van der Waals surface area contributed by atoms with Crippen molar-refractivity contribution < 1.29 is 0 Å². The lowest BCUT2D eigenvalue weighted by Gasteiger charge is -2.23. The molecule has 1 aliphatic heterocycles. The van der Waals surface area contributed by atoms with Crippen molar-refractivity contribution in [1.29, 1.82) is 0 Å². The summed E-state index contributed by atoms with van der Waals surface area (Å²) in [7, 11) is 0. The normalized spacial score (nSPS) is 29.1. The molecule has 0 bridgehead atoms. The van der Waals surface area contributed by atoms with E-state index in [1.54, 1.807) is 0 Å². The van der Waals surface area contributed by atoms with Gasteiger partial charge in [-0.2, -0.15) is 0 Å². The number of nitrogens with one attached hydrogen (secondary N) is 1. The summed E-state index contributed by atoms with van der Waals surface area (Å²) in [6.45, 7) is 3.34. The van der Waals surface area contributed by atoms with Crippen molar-refractivity contribution in [2.45, 2.75) is 25.3 Å². The molecule has 1 aromatic rings. The summed E-state index contributed by atoms with van der Waals surface area (Å²) >= 11 is 0. The second-order valence-electron chi connectivity index (χ2n) is 3.58. The van der Waals surface area contributed by atoms with Crippen LogP contribution in [-0.4, -0.2) is 11.5 Å². The first-order valence-electron chi connectivity index (χ1n) is 4.48. The molecule has 12 heavy (non-hydrogen) atoms. The molecule has 0 spiro atoms. The Morgan fingerprint density at radius 1 is 1.50 bits per heavy atom. The third-order valence-corrected chi connectivity index (χ3v) is 2.60. The molecule has 1 saturated heterocycles. The summed E-state index contributed by atoms with van der Waals surface area (Å²) in [6.07, 6.45) is 4.32. The Morgan fingerprint density at radius 3 is 3.00 bits per heavy atom. The van der Waals surface area contributed by atoms with Gasteiger partial charge in [0.15, 0.2) is 0 Å². The topological polar surface area (TPSA) is 24.9 Å². The number of aromatic nitrogens is 1. The summed E-state index contributed by atoms with van der Waals surface area (Å²) < 4.78 is 0. The average molecular weight is 162 g/mol. The number of hydrogen-bond acceptors (Lipinski definition) is 2. The van der Waals surface area contributed by atoms with Crippen molar-refractivity contribution in [1.82, 2.24) is 10.3 Å². The van der Waals surface area contributed by atoms with Gasteiger partial charge >= 0.3 is 0 Å². The predicted molar refractivity (Wildman–Crippen MR) is 48.8 cm³/mol. The molecule has 0 aliphatic carbocycles. The summed E-state index contributed by atoms with van der Waals surface area (Å²) in [5, 5.41) is 3.49.